The first-order valence-electron chi connectivity index (χ1n) is 6.44. The average molecular weight is 272 g/mol. The summed E-state index contributed by atoms with van der Waals surface area (Å²) in [5.41, 5.74) is 3.17. The van der Waals surface area contributed by atoms with Gasteiger partial charge in [-0.25, -0.2) is 15.0 Å². The summed E-state index contributed by atoms with van der Waals surface area (Å²) in [6.45, 7) is 5.36. The van der Waals surface area contributed by atoms with Crippen molar-refractivity contribution in [2.24, 2.45) is 10.7 Å². The maximum absolute atomic E-state index is 10.6. The van der Waals surface area contributed by atoms with Gasteiger partial charge in [0, 0.05) is 30.9 Å². The van der Waals surface area contributed by atoms with Gasteiger partial charge >= 0.3 is 0 Å². The number of fused-ring (bicyclic) bond motifs is 1. The Morgan fingerprint density at radius 1 is 1.40 bits per heavy atom. The second kappa shape index (κ2) is 4.36. The van der Waals surface area contributed by atoms with Crippen LogP contribution in [-0.2, 0) is 13.0 Å². The molecular formula is C13H16N6O. The predicted molar refractivity (Wildman–Crippen MR) is 74.9 cm³/mol. The molecule has 0 saturated carbocycles. The Bertz CT molecular complexity index is 663. The first kappa shape index (κ1) is 12.7. The predicted octanol–water partition coefficient (Wildman–Crippen LogP) is 2.04. The Kier molecular flexibility index (Phi) is 2.77. The van der Waals surface area contributed by atoms with Crippen LogP contribution in [0.2, 0.25) is 0 Å². The summed E-state index contributed by atoms with van der Waals surface area (Å²) in [6.07, 6.45) is 4.23. The van der Waals surface area contributed by atoms with Crippen LogP contribution in [0.3, 0.4) is 0 Å². The molecule has 1 aliphatic rings. The van der Waals surface area contributed by atoms with Crippen LogP contribution in [0.25, 0.3) is 11.3 Å². The number of anilines is 1. The minimum atomic E-state index is 0.218. The topological polar surface area (TPSA) is 76.3 Å². The molecule has 0 aliphatic carbocycles. The van der Waals surface area contributed by atoms with Crippen molar-refractivity contribution in [3.63, 3.8) is 0 Å². The van der Waals surface area contributed by atoms with E-state index in [0.717, 1.165) is 24.2 Å². The highest BCUT2D eigenvalue weighted by Crippen LogP contribution is 2.36. The van der Waals surface area contributed by atoms with E-state index < -0.39 is 0 Å². The van der Waals surface area contributed by atoms with Gasteiger partial charge in [0.05, 0.1) is 17.2 Å². The molecule has 3 heterocycles. The van der Waals surface area contributed by atoms with Crippen molar-refractivity contribution < 1.29 is 0 Å². The normalized spacial score (nSPS) is 15.9. The van der Waals surface area contributed by atoms with E-state index in [1.807, 2.05) is 10.9 Å². The summed E-state index contributed by atoms with van der Waals surface area (Å²) in [6, 6.07) is 1.75. The van der Waals surface area contributed by atoms with Crippen LogP contribution in [0.5, 0.6) is 0 Å². The Balaban J connectivity index is 2.02. The van der Waals surface area contributed by atoms with Crippen LogP contribution in [0, 0.1) is 10.3 Å². The number of hydrogen-bond acceptors (Lipinski definition) is 5. The molecule has 20 heavy (non-hydrogen) atoms. The molecule has 2 aromatic heterocycles. The van der Waals surface area contributed by atoms with Crippen LogP contribution in [0.1, 0.15) is 19.5 Å². The van der Waals surface area contributed by atoms with Crippen molar-refractivity contribution in [3.05, 3.63) is 29.2 Å². The lowest BCUT2D eigenvalue weighted by molar-refractivity contribution is 0.347. The van der Waals surface area contributed by atoms with Gasteiger partial charge in [0.2, 0.25) is 0 Å². The summed E-state index contributed by atoms with van der Waals surface area (Å²) in [4.78, 5) is 18.9. The SMILES string of the molecule is CN(N=O)c1cc(-c2cnn3c2CC(C)(C)C3)ncn1. The van der Waals surface area contributed by atoms with Gasteiger partial charge in [-0.3, -0.25) is 4.68 Å². The van der Waals surface area contributed by atoms with Gasteiger partial charge in [-0.1, -0.05) is 13.8 Å². The molecule has 0 unspecified atom stereocenters. The molecule has 1 aliphatic heterocycles. The van der Waals surface area contributed by atoms with E-state index in [-0.39, 0.29) is 5.41 Å². The number of nitrogens with zero attached hydrogens (tertiary/aromatic N) is 6. The number of nitroso groups, excluding NO2 is 1. The molecule has 0 spiro atoms. The van der Waals surface area contributed by atoms with Gasteiger partial charge in [-0.05, 0) is 11.8 Å². The standard InChI is InChI=1S/C13H16N6O/c1-13(2)5-11-9(6-16-19(11)7-13)10-4-12(15-8-14-10)18(3)17-20/h4,6,8H,5,7H2,1-3H3. The Labute approximate surface area is 116 Å². The van der Waals surface area contributed by atoms with Gasteiger partial charge < -0.3 is 0 Å². The third-order valence-corrected chi connectivity index (χ3v) is 3.56. The van der Waals surface area contributed by atoms with E-state index in [1.54, 1.807) is 13.1 Å². The number of hydrogen-bond donors (Lipinski definition) is 0. The zero-order valence-electron chi connectivity index (χ0n) is 11.7. The zero-order valence-corrected chi connectivity index (χ0v) is 11.7. The van der Waals surface area contributed by atoms with Crippen molar-refractivity contribution in [2.75, 3.05) is 12.1 Å². The average Bonchev–Trinajstić information content (AvgIpc) is 2.92. The van der Waals surface area contributed by atoms with E-state index in [4.69, 9.17) is 0 Å². The van der Waals surface area contributed by atoms with Crippen LogP contribution in [-0.4, -0.2) is 26.8 Å². The minimum Gasteiger partial charge on any atom is -0.268 e. The quantitative estimate of drug-likeness (QED) is 0.631. The fourth-order valence-electron chi connectivity index (χ4n) is 2.58. The Hall–Kier alpha value is -2.31. The molecule has 2 aromatic rings. The van der Waals surface area contributed by atoms with Crippen molar-refractivity contribution in [1.29, 1.82) is 0 Å². The van der Waals surface area contributed by atoms with Crippen LogP contribution < -0.4 is 5.01 Å². The van der Waals surface area contributed by atoms with E-state index in [1.165, 1.54) is 17.0 Å². The van der Waals surface area contributed by atoms with Crippen molar-refractivity contribution in [2.45, 2.75) is 26.8 Å². The van der Waals surface area contributed by atoms with Crippen LogP contribution in [0.15, 0.2) is 23.9 Å². The number of rotatable bonds is 3. The fraction of sp³-hybridized carbons (Fsp3) is 0.462. The maximum atomic E-state index is 10.6. The highest BCUT2D eigenvalue weighted by molar-refractivity contribution is 5.64. The minimum absolute atomic E-state index is 0.218. The van der Waals surface area contributed by atoms with Crippen molar-refractivity contribution in [3.8, 4) is 11.3 Å². The Morgan fingerprint density at radius 2 is 2.20 bits per heavy atom. The van der Waals surface area contributed by atoms with E-state index in [0.29, 0.717) is 5.82 Å². The van der Waals surface area contributed by atoms with Crippen molar-refractivity contribution >= 4 is 5.82 Å². The smallest absolute Gasteiger partial charge is 0.155 e. The molecule has 0 atom stereocenters. The molecule has 104 valence electrons. The molecule has 7 nitrogen and oxygen atoms in total. The fourth-order valence-corrected chi connectivity index (χ4v) is 2.58. The lowest BCUT2D eigenvalue weighted by Gasteiger charge is -2.14. The van der Waals surface area contributed by atoms with Gasteiger partial charge in [0.15, 0.2) is 5.82 Å². The van der Waals surface area contributed by atoms with Gasteiger partial charge in [0.1, 0.15) is 6.33 Å². The highest BCUT2D eigenvalue weighted by Gasteiger charge is 2.31. The van der Waals surface area contributed by atoms with Crippen LogP contribution in [0.4, 0.5) is 5.82 Å². The first-order valence-corrected chi connectivity index (χ1v) is 6.44. The molecule has 0 aromatic carbocycles. The summed E-state index contributed by atoms with van der Waals surface area (Å²) in [5, 5.41) is 8.45. The molecule has 0 bridgehead atoms. The van der Waals surface area contributed by atoms with Gasteiger partial charge in [-0.15, -0.1) is 4.91 Å². The largest absolute Gasteiger partial charge is 0.268 e. The summed E-state index contributed by atoms with van der Waals surface area (Å²) < 4.78 is 2.03. The lowest BCUT2D eigenvalue weighted by Crippen LogP contribution is -2.12. The van der Waals surface area contributed by atoms with E-state index >= 15 is 0 Å². The molecule has 0 saturated heterocycles. The summed E-state index contributed by atoms with van der Waals surface area (Å²) >= 11 is 0. The third kappa shape index (κ3) is 2.04. The first-order chi connectivity index (χ1) is 9.50. The third-order valence-electron chi connectivity index (χ3n) is 3.56. The van der Waals surface area contributed by atoms with Crippen LogP contribution >= 0.6 is 0 Å². The monoisotopic (exact) mass is 272 g/mol. The summed E-state index contributed by atoms with van der Waals surface area (Å²) in [5.74, 6) is 0.474. The molecular weight excluding hydrogens is 256 g/mol. The number of aromatic nitrogens is 4. The molecule has 3 rings (SSSR count). The molecule has 0 radical (unpaired) electrons. The van der Waals surface area contributed by atoms with Gasteiger partial charge in [-0.2, -0.15) is 5.10 Å². The highest BCUT2D eigenvalue weighted by atomic mass is 16.3. The second-order valence-electron chi connectivity index (χ2n) is 5.87. The van der Waals surface area contributed by atoms with E-state index in [2.05, 4.69) is 34.2 Å². The molecule has 0 fully saturated rings. The summed E-state index contributed by atoms with van der Waals surface area (Å²) in [7, 11) is 1.56. The molecule has 0 N–H and O–H groups in total. The second-order valence-corrected chi connectivity index (χ2v) is 5.87. The lowest BCUT2D eigenvalue weighted by atomic mass is 9.90. The van der Waals surface area contributed by atoms with Gasteiger partial charge in [0.25, 0.3) is 0 Å². The van der Waals surface area contributed by atoms with Crippen molar-refractivity contribution in [1.82, 2.24) is 19.7 Å². The molecule has 7 heteroatoms. The molecule has 0 amide bonds. The Morgan fingerprint density at radius 3 is 2.95 bits per heavy atom. The maximum Gasteiger partial charge on any atom is 0.155 e. The van der Waals surface area contributed by atoms with E-state index in [9.17, 15) is 4.91 Å². The zero-order chi connectivity index (χ0) is 14.3.